The molecule has 2 unspecified atom stereocenters. The van der Waals surface area contributed by atoms with Crippen LogP contribution < -0.4 is 49.2 Å². The Morgan fingerprint density at radius 1 is 0.980 bits per heavy atom. The minimum absolute atomic E-state index is 0.0124. The third kappa shape index (κ3) is 28.0. The van der Waals surface area contributed by atoms with Crippen molar-refractivity contribution < 1.29 is 33.5 Å². The number of carbonyl (C=O) groups is 6. The molecule has 1 aromatic rings. The zero-order valence-corrected chi connectivity index (χ0v) is 30.1. The molecule has 6 amide bonds. The van der Waals surface area contributed by atoms with Crippen LogP contribution in [-0.4, -0.2) is 93.5 Å². The number of hydrogen-bond donors (Lipinski definition) is 9. The van der Waals surface area contributed by atoms with E-state index >= 15 is 0 Å². The highest BCUT2D eigenvalue weighted by atomic mass is 16.5. The quantitative estimate of drug-likeness (QED) is 0.0561. The lowest BCUT2D eigenvalue weighted by Crippen LogP contribution is -2.53. The van der Waals surface area contributed by atoms with Crippen LogP contribution in [0.15, 0.2) is 37.0 Å². The highest BCUT2D eigenvalue weighted by Crippen LogP contribution is 2.10. The van der Waals surface area contributed by atoms with Gasteiger partial charge < -0.3 is 53.1 Å². The zero-order chi connectivity index (χ0) is 38.2. The van der Waals surface area contributed by atoms with Gasteiger partial charge in [-0.15, -0.1) is 0 Å². The van der Waals surface area contributed by atoms with Gasteiger partial charge in [0.25, 0.3) is 0 Å². The Morgan fingerprint density at radius 2 is 1.57 bits per heavy atom. The van der Waals surface area contributed by atoms with Gasteiger partial charge in [0.05, 0.1) is 6.54 Å². The van der Waals surface area contributed by atoms with Crippen LogP contribution >= 0.6 is 0 Å². The van der Waals surface area contributed by atoms with E-state index in [1.165, 1.54) is 26.6 Å². The summed E-state index contributed by atoms with van der Waals surface area (Å²) >= 11 is 0. The minimum Gasteiger partial charge on any atom is -0.445 e. The summed E-state index contributed by atoms with van der Waals surface area (Å²) in [6.45, 7) is 13.6. The fraction of sp³-hybridized carbons (Fsp3) is 0.562. The van der Waals surface area contributed by atoms with E-state index in [1.54, 1.807) is 38.1 Å². The summed E-state index contributed by atoms with van der Waals surface area (Å²) in [6.07, 6.45) is 3.54. The number of carbonyl (C=O) groups excluding carboxylic acids is 6. The summed E-state index contributed by atoms with van der Waals surface area (Å²) in [5.41, 5.74) is 9.87. The van der Waals surface area contributed by atoms with Crippen LogP contribution in [-0.2, 0) is 35.3 Å². The number of nitrogens with one attached hydrogen (secondary N) is 6. The summed E-state index contributed by atoms with van der Waals surface area (Å²) < 4.78 is 5.19. The van der Waals surface area contributed by atoms with E-state index in [0.717, 1.165) is 18.0 Å². The second-order valence-corrected chi connectivity index (χ2v) is 10.4. The highest BCUT2D eigenvalue weighted by Gasteiger charge is 2.24. The maximum atomic E-state index is 12.5. The summed E-state index contributed by atoms with van der Waals surface area (Å²) in [4.78, 5) is 68.5. The van der Waals surface area contributed by atoms with Crippen molar-refractivity contribution in [1.29, 1.82) is 0 Å². The van der Waals surface area contributed by atoms with Crippen molar-refractivity contribution in [2.24, 2.45) is 23.2 Å². The van der Waals surface area contributed by atoms with Crippen molar-refractivity contribution in [2.45, 2.75) is 72.6 Å². The number of alkyl carbamates (subject to hydrolysis) is 1. The first-order valence-electron chi connectivity index (χ1n) is 15.9. The number of rotatable bonds is 18. The van der Waals surface area contributed by atoms with Gasteiger partial charge in [0.2, 0.25) is 30.0 Å². The molecule has 17 heteroatoms. The van der Waals surface area contributed by atoms with Crippen LogP contribution in [0.3, 0.4) is 0 Å². The molecule has 0 aliphatic heterocycles. The van der Waals surface area contributed by atoms with E-state index in [2.05, 4.69) is 56.9 Å². The van der Waals surface area contributed by atoms with Gasteiger partial charge in [-0.05, 0) is 63.5 Å². The molecule has 0 heterocycles. The lowest BCUT2D eigenvalue weighted by atomic mass is 10.0. The van der Waals surface area contributed by atoms with E-state index in [1.807, 2.05) is 14.0 Å². The average molecular weight is 697 g/mol. The molecule has 0 saturated carbocycles. The summed E-state index contributed by atoms with van der Waals surface area (Å²) in [6, 6.07) is 5.82. The maximum Gasteiger partial charge on any atom is 0.407 e. The van der Waals surface area contributed by atoms with Crippen molar-refractivity contribution in [1.82, 2.24) is 31.6 Å². The fourth-order valence-corrected chi connectivity index (χ4v) is 3.62. The number of anilines is 1. The van der Waals surface area contributed by atoms with Crippen LogP contribution in [0, 0.1) is 5.92 Å². The molecule has 1 rings (SSSR count). The second-order valence-electron chi connectivity index (χ2n) is 10.4. The molecule has 0 spiro atoms. The number of hydrazine groups is 1. The molecule has 0 aromatic heterocycles. The molecule has 0 aliphatic carbocycles. The van der Waals surface area contributed by atoms with Gasteiger partial charge in [0, 0.05) is 31.4 Å². The largest absolute Gasteiger partial charge is 0.445 e. The van der Waals surface area contributed by atoms with Crippen LogP contribution in [0.25, 0.3) is 0 Å². The second kappa shape index (κ2) is 31.8. The van der Waals surface area contributed by atoms with Gasteiger partial charge in [-0.2, -0.15) is 0 Å². The lowest BCUT2D eigenvalue weighted by Gasteiger charge is -2.22. The van der Waals surface area contributed by atoms with Gasteiger partial charge in [0.15, 0.2) is 0 Å². The van der Waals surface area contributed by atoms with Crippen molar-refractivity contribution in [3.8, 4) is 0 Å². The van der Waals surface area contributed by atoms with E-state index < -0.39 is 29.9 Å². The monoisotopic (exact) mass is 696 g/mol. The van der Waals surface area contributed by atoms with Gasteiger partial charge in [0.1, 0.15) is 19.2 Å². The van der Waals surface area contributed by atoms with Crippen LogP contribution in [0.4, 0.5) is 10.5 Å². The zero-order valence-electron chi connectivity index (χ0n) is 30.1. The predicted octanol–water partition coefficient (Wildman–Crippen LogP) is 0.0245. The Labute approximate surface area is 290 Å². The number of benzene rings is 1. The molecule has 0 saturated heterocycles. The smallest absolute Gasteiger partial charge is 0.407 e. The van der Waals surface area contributed by atoms with Gasteiger partial charge in [-0.25, -0.2) is 10.6 Å². The number of hydrogen-bond acceptors (Lipinski definition) is 11. The molecule has 17 nitrogen and oxygen atoms in total. The molecule has 12 N–H and O–H groups in total. The SMILES string of the molecule is C=CN(N)CC(=O)NC(C(=O)NCC(=O)Nc1ccc(COC(=O)NCCC(CC)NC(C)=O)cc1)C(C)C.CCCNC.CN.NC=O. The molecule has 0 bridgehead atoms. The van der Waals surface area contributed by atoms with Crippen LogP contribution in [0.1, 0.15) is 59.4 Å². The first-order chi connectivity index (χ1) is 23.3. The summed E-state index contributed by atoms with van der Waals surface area (Å²) in [7, 11) is 3.46. The Balaban J connectivity index is -0.00000187. The Morgan fingerprint density at radius 3 is 2.02 bits per heavy atom. The molecule has 0 aliphatic rings. The molecular weight excluding hydrogens is 636 g/mol. The van der Waals surface area contributed by atoms with Gasteiger partial charge in [-0.1, -0.05) is 46.4 Å². The first-order valence-corrected chi connectivity index (χ1v) is 15.9. The third-order valence-corrected chi connectivity index (χ3v) is 6.02. The molecule has 280 valence electrons. The minimum atomic E-state index is -0.842. The van der Waals surface area contributed by atoms with E-state index in [0.29, 0.717) is 24.2 Å². The number of nitrogens with zero attached hydrogens (tertiary/aromatic N) is 1. The number of nitrogens with two attached hydrogens (primary N) is 3. The Bertz CT molecular complexity index is 1090. The molecular formula is C32H60N10O7. The van der Waals surface area contributed by atoms with Crippen molar-refractivity contribution >= 4 is 41.8 Å². The molecule has 2 atom stereocenters. The molecule has 1 aromatic carbocycles. The highest BCUT2D eigenvalue weighted by molar-refractivity contribution is 5.96. The van der Waals surface area contributed by atoms with Crippen LogP contribution in [0.5, 0.6) is 0 Å². The summed E-state index contributed by atoms with van der Waals surface area (Å²) in [5, 5.41) is 17.3. The topological polar surface area (TPSA) is 265 Å². The average Bonchev–Trinajstić information content (AvgIpc) is 3.06. The summed E-state index contributed by atoms with van der Waals surface area (Å²) in [5.74, 6) is 3.78. The fourth-order valence-electron chi connectivity index (χ4n) is 3.62. The molecule has 0 fully saturated rings. The first kappa shape index (κ1) is 48.7. The molecule has 49 heavy (non-hydrogen) atoms. The third-order valence-electron chi connectivity index (χ3n) is 6.02. The van der Waals surface area contributed by atoms with E-state index in [4.69, 9.17) is 15.4 Å². The van der Waals surface area contributed by atoms with Crippen LogP contribution in [0.2, 0.25) is 0 Å². The van der Waals surface area contributed by atoms with Gasteiger partial charge >= 0.3 is 6.09 Å². The van der Waals surface area contributed by atoms with E-state index in [9.17, 15) is 24.0 Å². The molecule has 0 radical (unpaired) electrons. The van der Waals surface area contributed by atoms with Gasteiger partial charge in [-0.3, -0.25) is 24.0 Å². The maximum absolute atomic E-state index is 12.5. The predicted molar refractivity (Wildman–Crippen MR) is 191 cm³/mol. The number of primary amides is 1. The van der Waals surface area contributed by atoms with E-state index in [-0.39, 0.29) is 44.0 Å². The normalized spacial score (nSPS) is 10.7. The standard InChI is InChI=1S/C26H41N7O6.C4H11N.CH3NO.CH5N/c1-6-20(30-18(5)34)12-13-28-26(38)39-16-19-8-10-21(11-9-19)31-22(35)14-29-25(37)24(17(3)4)32-23(36)15-33(27)7-2;1-3-4-5-2;2-1-3;1-2/h7-11,17,20,24H,2,6,12-16,27H2,1,3-5H3,(H,28,38)(H,29,37)(H,30,34)(H,31,35)(H,32,36);5H,3-4H2,1-2H3;1H,(H2,2,3);2H2,1H3. The van der Waals surface area contributed by atoms with Crippen molar-refractivity contribution in [3.05, 3.63) is 42.6 Å². The van der Waals surface area contributed by atoms with Crippen molar-refractivity contribution in [3.63, 3.8) is 0 Å². The Hall–Kier alpha value is -4.74. The Kier molecular flexibility index (Phi) is 31.6. The number of amides is 6. The van der Waals surface area contributed by atoms with Crippen molar-refractivity contribution in [2.75, 3.05) is 45.6 Å². The lowest BCUT2D eigenvalue weighted by molar-refractivity contribution is -0.131. The number of ether oxygens (including phenoxy) is 1.